The van der Waals surface area contributed by atoms with Gasteiger partial charge in [0, 0.05) is 11.3 Å². The van der Waals surface area contributed by atoms with Crippen LogP contribution in [0.2, 0.25) is 0 Å². The van der Waals surface area contributed by atoms with Crippen LogP contribution in [0.1, 0.15) is 25.0 Å². The molecule has 2 N–H and O–H groups in total. The molecular weight excluding hydrogens is 326 g/mol. The second-order valence-corrected chi connectivity index (χ2v) is 7.06. The van der Waals surface area contributed by atoms with Crippen molar-refractivity contribution in [2.75, 3.05) is 5.32 Å². The summed E-state index contributed by atoms with van der Waals surface area (Å²) in [6.07, 6.45) is 0.202. The number of rotatable bonds is 5. The lowest BCUT2D eigenvalue weighted by Crippen LogP contribution is -2.21. The molecule has 0 fully saturated rings. The van der Waals surface area contributed by atoms with Gasteiger partial charge >= 0.3 is 0 Å². The van der Waals surface area contributed by atoms with E-state index in [1.54, 1.807) is 0 Å². The highest BCUT2D eigenvalue weighted by Gasteiger charge is 2.17. The maximum Gasteiger partial charge on any atom is 0.111 e. The van der Waals surface area contributed by atoms with Crippen LogP contribution in [0.4, 0.5) is 5.69 Å². The fourth-order valence-corrected chi connectivity index (χ4v) is 3.29. The molecule has 0 spiro atoms. The second kappa shape index (κ2) is 7.77. The first-order valence-corrected chi connectivity index (χ1v) is 9.02. The number of benzene rings is 3. The van der Waals surface area contributed by atoms with Gasteiger partial charge in [-0.25, -0.2) is 0 Å². The highest BCUT2D eigenvalue weighted by molar-refractivity contribution is 7.81. The highest BCUT2D eigenvalue weighted by atomic mass is 32.1. The molecule has 1 unspecified atom stereocenters. The molecule has 0 aromatic heterocycles. The van der Waals surface area contributed by atoms with Crippen molar-refractivity contribution >= 4 is 33.7 Å². The summed E-state index contributed by atoms with van der Waals surface area (Å²) in [6.45, 7) is 4.07. The molecule has 3 heteroatoms. The molecule has 3 rings (SSSR count). The molecule has 0 aliphatic rings. The Morgan fingerprint density at radius 2 is 1.64 bits per heavy atom. The normalized spacial score (nSPS) is 12.3. The van der Waals surface area contributed by atoms with Crippen molar-refractivity contribution in [2.45, 2.75) is 26.4 Å². The topological polar surface area (TPSA) is 32.3 Å². The van der Waals surface area contributed by atoms with Crippen LogP contribution in [0.15, 0.2) is 66.7 Å². The Kier molecular flexibility index (Phi) is 5.47. The van der Waals surface area contributed by atoms with Gasteiger partial charge in [-0.1, -0.05) is 80.7 Å². The third-order valence-corrected chi connectivity index (χ3v) is 4.78. The Labute approximate surface area is 154 Å². The van der Waals surface area contributed by atoms with Crippen LogP contribution in [0.5, 0.6) is 0 Å². The number of nitrogens with one attached hydrogen (secondary N) is 1. The monoisotopic (exact) mass is 349 g/mol. The van der Waals surface area contributed by atoms with E-state index in [0.29, 0.717) is 11.4 Å². The average molecular weight is 349 g/mol. The summed E-state index contributed by atoms with van der Waals surface area (Å²) in [5.41, 5.74) is 3.06. The number of aliphatic hydroxyl groups is 1. The zero-order valence-corrected chi connectivity index (χ0v) is 15.4. The van der Waals surface area contributed by atoms with Crippen molar-refractivity contribution in [3.63, 3.8) is 0 Å². The summed E-state index contributed by atoms with van der Waals surface area (Å²) in [6, 6.07) is 22.4. The van der Waals surface area contributed by atoms with Gasteiger partial charge in [0.25, 0.3) is 0 Å². The predicted octanol–water partition coefficient (Wildman–Crippen LogP) is 5.19. The molecule has 0 bridgehead atoms. The minimum absolute atomic E-state index is 0.204. The van der Waals surface area contributed by atoms with Crippen LogP contribution >= 0.6 is 12.2 Å². The molecule has 0 amide bonds. The summed E-state index contributed by atoms with van der Waals surface area (Å²) in [5.74, 6) is 0.204. The van der Waals surface area contributed by atoms with Gasteiger partial charge < -0.3 is 10.4 Å². The van der Waals surface area contributed by atoms with Crippen molar-refractivity contribution in [2.24, 2.45) is 5.92 Å². The molecule has 0 saturated carbocycles. The van der Waals surface area contributed by atoms with Gasteiger partial charge in [0.05, 0.1) is 6.10 Å². The summed E-state index contributed by atoms with van der Waals surface area (Å²) in [7, 11) is 0. The number of hydrogen-bond donors (Lipinski definition) is 2. The largest absolute Gasteiger partial charge is 0.393 e. The Morgan fingerprint density at radius 1 is 0.960 bits per heavy atom. The van der Waals surface area contributed by atoms with Gasteiger partial charge in [-0.05, 0) is 40.8 Å². The molecule has 25 heavy (non-hydrogen) atoms. The number of para-hydroxylation sites is 1. The molecule has 0 saturated heterocycles. The first-order valence-electron chi connectivity index (χ1n) is 8.61. The first kappa shape index (κ1) is 17.6. The van der Waals surface area contributed by atoms with Crippen LogP contribution in [-0.2, 0) is 6.42 Å². The zero-order chi connectivity index (χ0) is 17.8. The van der Waals surface area contributed by atoms with E-state index < -0.39 is 0 Å². The van der Waals surface area contributed by atoms with Crippen LogP contribution < -0.4 is 5.32 Å². The summed E-state index contributed by atoms with van der Waals surface area (Å²) in [4.78, 5) is 0.689. The third kappa shape index (κ3) is 4.06. The van der Waals surface area contributed by atoms with E-state index in [1.807, 2.05) is 56.3 Å². The predicted molar refractivity (Wildman–Crippen MR) is 110 cm³/mol. The Bertz CT molecular complexity index is 874. The van der Waals surface area contributed by atoms with E-state index in [0.717, 1.165) is 27.6 Å². The molecule has 2 nitrogen and oxygen atoms in total. The van der Waals surface area contributed by atoms with E-state index in [1.165, 1.54) is 0 Å². The molecule has 0 heterocycles. The Morgan fingerprint density at radius 3 is 2.36 bits per heavy atom. The van der Waals surface area contributed by atoms with Crippen molar-refractivity contribution in [1.82, 2.24) is 0 Å². The molecule has 0 radical (unpaired) electrons. The van der Waals surface area contributed by atoms with E-state index in [4.69, 9.17) is 12.2 Å². The number of thiocarbonyl (C=S) groups is 1. The van der Waals surface area contributed by atoms with Crippen LogP contribution in [0, 0.1) is 5.92 Å². The van der Waals surface area contributed by atoms with Crippen molar-refractivity contribution in [3.05, 3.63) is 77.9 Å². The molecule has 3 aromatic carbocycles. The van der Waals surface area contributed by atoms with Crippen LogP contribution in [0.25, 0.3) is 10.8 Å². The lowest BCUT2D eigenvalue weighted by atomic mass is 9.92. The van der Waals surface area contributed by atoms with E-state index in [2.05, 4.69) is 29.6 Å². The van der Waals surface area contributed by atoms with E-state index in [-0.39, 0.29) is 12.0 Å². The van der Waals surface area contributed by atoms with Gasteiger partial charge in [-0.3, -0.25) is 0 Å². The molecule has 1 atom stereocenters. The quantitative estimate of drug-likeness (QED) is 0.622. The molecule has 0 aliphatic heterocycles. The smallest absolute Gasteiger partial charge is 0.111 e. The van der Waals surface area contributed by atoms with Gasteiger partial charge in [0.2, 0.25) is 0 Å². The molecule has 128 valence electrons. The average Bonchev–Trinajstić information content (AvgIpc) is 2.62. The fraction of sp³-hybridized carbons (Fsp3) is 0.227. The maximum atomic E-state index is 10.4. The van der Waals surface area contributed by atoms with Crippen LogP contribution in [-0.4, -0.2) is 16.2 Å². The van der Waals surface area contributed by atoms with E-state index in [9.17, 15) is 5.11 Å². The van der Waals surface area contributed by atoms with Gasteiger partial charge in [-0.2, -0.15) is 0 Å². The summed E-state index contributed by atoms with van der Waals surface area (Å²) < 4.78 is 0. The summed E-state index contributed by atoms with van der Waals surface area (Å²) >= 11 is 5.74. The van der Waals surface area contributed by atoms with Gasteiger partial charge in [0.15, 0.2) is 0 Å². The molecule has 0 aliphatic carbocycles. The minimum Gasteiger partial charge on any atom is -0.393 e. The summed E-state index contributed by atoms with van der Waals surface area (Å²) in [5, 5.41) is 16.0. The maximum absolute atomic E-state index is 10.4. The lowest BCUT2D eigenvalue weighted by molar-refractivity contribution is 0.126. The number of fused-ring (bicyclic) bond motifs is 1. The third-order valence-electron chi connectivity index (χ3n) is 4.47. The first-order chi connectivity index (χ1) is 12.1. The van der Waals surface area contributed by atoms with Crippen molar-refractivity contribution < 1.29 is 5.11 Å². The lowest BCUT2D eigenvalue weighted by Gasteiger charge is -2.19. The zero-order valence-electron chi connectivity index (χ0n) is 14.6. The fourth-order valence-electron chi connectivity index (χ4n) is 2.93. The van der Waals surface area contributed by atoms with Crippen molar-refractivity contribution in [3.8, 4) is 0 Å². The number of hydrogen-bond acceptors (Lipinski definition) is 2. The van der Waals surface area contributed by atoms with Gasteiger partial charge in [0.1, 0.15) is 4.99 Å². The second-order valence-electron chi connectivity index (χ2n) is 6.66. The van der Waals surface area contributed by atoms with Crippen LogP contribution in [0.3, 0.4) is 0 Å². The standard InChI is InChI=1S/C22H23NOS/c1-15(2)20(24)14-17-13-12-16-8-6-7-11-19(16)21(17)22(25)23-18-9-4-3-5-10-18/h3-13,15,20,24H,14H2,1-2H3,(H,23,25). The minimum atomic E-state index is -0.389. The number of anilines is 1. The van der Waals surface area contributed by atoms with E-state index >= 15 is 0 Å². The SMILES string of the molecule is CC(C)C(O)Cc1ccc2ccccc2c1C(=S)Nc1ccccc1. The number of aliphatic hydroxyl groups excluding tert-OH is 1. The Hall–Kier alpha value is -2.23. The molecular formula is C22H23NOS. The van der Waals surface area contributed by atoms with Crippen molar-refractivity contribution in [1.29, 1.82) is 0 Å². The Balaban J connectivity index is 2.04. The molecule has 3 aromatic rings. The highest BCUT2D eigenvalue weighted by Crippen LogP contribution is 2.26. The van der Waals surface area contributed by atoms with Gasteiger partial charge in [-0.15, -0.1) is 0 Å².